The van der Waals surface area contributed by atoms with Gasteiger partial charge >= 0.3 is 10.8 Å². The van der Waals surface area contributed by atoms with Crippen LogP contribution in [0.15, 0.2) is 33.9 Å². The molecule has 0 unspecified atom stereocenters. The Morgan fingerprint density at radius 2 is 2.24 bits per heavy atom. The van der Waals surface area contributed by atoms with E-state index in [0.29, 0.717) is 6.54 Å². The van der Waals surface area contributed by atoms with Crippen LogP contribution in [0.3, 0.4) is 0 Å². The van der Waals surface area contributed by atoms with Crippen LogP contribution in [0.25, 0.3) is 6.08 Å². The van der Waals surface area contributed by atoms with Crippen molar-refractivity contribution in [3.05, 3.63) is 49.2 Å². The number of hydrogen-bond acceptors (Lipinski definition) is 4. The van der Waals surface area contributed by atoms with Gasteiger partial charge in [-0.3, -0.25) is 4.79 Å². The van der Waals surface area contributed by atoms with Crippen LogP contribution in [0.1, 0.15) is 10.4 Å². The van der Waals surface area contributed by atoms with Crippen molar-refractivity contribution in [3.8, 4) is 0 Å². The SMILES string of the molecule is O=C(O)C=Cc1ccsc1Cn1ccsc1=O. The number of nitrogens with zero attached hydrogens (tertiary/aromatic N) is 1. The predicted molar refractivity (Wildman–Crippen MR) is 68.7 cm³/mol. The third-order valence-corrected chi connectivity index (χ3v) is 3.76. The van der Waals surface area contributed by atoms with Gasteiger partial charge in [0.1, 0.15) is 0 Å². The van der Waals surface area contributed by atoms with Gasteiger partial charge < -0.3 is 9.67 Å². The molecule has 1 N–H and O–H groups in total. The summed E-state index contributed by atoms with van der Waals surface area (Å²) in [6, 6.07) is 1.84. The summed E-state index contributed by atoms with van der Waals surface area (Å²) in [5.41, 5.74) is 0.843. The molecule has 0 aliphatic heterocycles. The minimum Gasteiger partial charge on any atom is -0.478 e. The second kappa shape index (κ2) is 5.11. The van der Waals surface area contributed by atoms with Gasteiger partial charge in [-0.1, -0.05) is 11.3 Å². The van der Waals surface area contributed by atoms with Crippen LogP contribution in [0.5, 0.6) is 0 Å². The molecule has 0 amide bonds. The number of aliphatic carboxylic acids is 1. The fourth-order valence-electron chi connectivity index (χ4n) is 1.35. The molecule has 0 bridgehead atoms. The lowest BCUT2D eigenvalue weighted by Gasteiger charge is -2.00. The van der Waals surface area contributed by atoms with E-state index in [0.717, 1.165) is 27.9 Å². The summed E-state index contributed by atoms with van der Waals surface area (Å²) in [6.45, 7) is 0.485. The molecule has 4 nitrogen and oxygen atoms in total. The topological polar surface area (TPSA) is 59.3 Å². The molecule has 0 aliphatic carbocycles. The summed E-state index contributed by atoms with van der Waals surface area (Å²) in [5, 5.41) is 12.2. The zero-order valence-corrected chi connectivity index (χ0v) is 10.3. The third-order valence-electron chi connectivity index (χ3n) is 2.14. The molecule has 2 aromatic rings. The maximum absolute atomic E-state index is 11.4. The summed E-state index contributed by atoms with van der Waals surface area (Å²) in [4.78, 5) is 22.8. The quantitative estimate of drug-likeness (QED) is 0.863. The predicted octanol–water partition coefficient (Wildman–Crippen LogP) is 2.12. The molecule has 0 saturated heterocycles. The van der Waals surface area contributed by atoms with Gasteiger partial charge in [0.2, 0.25) is 0 Å². The first-order valence-corrected chi connectivity index (χ1v) is 6.54. The number of carboxylic acid groups (broad SMARTS) is 1. The van der Waals surface area contributed by atoms with Gasteiger partial charge in [-0.15, -0.1) is 11.3 Å². The van der Waals surface area contributed by atoms with E-state index in [1.165, 1.54) is 11.3 Å². The number of carboxylic acids is 1. The molecular formula is C11H9NO3S2. The molecule has 17 heavy (non-hydrogen) atoms. The van der Waals surface area contributed by atoms with E-state index < -0.39 is 5.97 Å². The Labute approximate surface area is 105 Å². The van der Waals surface area contributed by atoms with E-state index >= 15 is 0 Å². The highest BCUT2D eigenvalue weighted by Crippen LogP contribution is 2.19. The van der Waals surface area contributed by atoms with Gasteiger partial charge in [-0.25, -0.2) is 4.79 Å². The molecular weight excluding hydrogens is 258 g/mol. The Hall–Kier alpha value is -1.66. The average molecular weight is 267 g/mol. The molecule has 0 fully saturated rings. The van der Waals surface area contributed by atoms with Crippen molar-refractivity contribution in [2.75, 3.05) is 0 Å². The number of hydrogen-bond donors (Lipinski definition) is 1. The zero-order valence-electron chi connectivity index (χ0n) is 8.70. The van der Waals surface area contributed by atoms with Gasteiger partial charge in [-0.2, -0.15) is 0 Å². The number of thiophene rings is 1. The minimum absolute atomic E-state index is 0.00781. The third kappa shape index (κ3) is 2.92. The van der Waals surface area contributed by atoms with Crippen LogP contribution >= 0.6 is 22.7 Å². The fraction of sp³-hybridized carbons (Fsp3) is 0.0909. The maximum atomic E-state index is 11.4. The molecule has 88 valence electrons. The molecule has 6 heteroatoms. The number of carbonyl (C=O) groups is 1. The van der Waals surface area contributed by atoms with Crippen molar-refractivity contribution in [2.24, 2.45) is 0 Å². The molecule has 0 aromatic carbocycles. The molecule has 2 heterocycles. The largest absolute Gasteiger partial charge is 0.478 e. The van der Waals surface area contributed by atoms with Gasteiger partial charge in [0.15, 0.2) is 0 Å². The van der Waals surface area contributed by atoms with Crippen molar-refractivity contribution < 1.29 is 9.90 Å². The lowest BCUT2D eigenvalue weighted by Crippen LogP contribution is -2.12. The van der Waals surface area contributed by atoms with Gasteiger partial charge in [0.25, 0.3) is 0 Å². The van der Waals surface area contributed by atoms with Gasteiger partial charge in [0, 0.05) is 22.5 Å². The Kier molecular flexibility index (Phi) is 3.55. The molecule has 0 saturated carbocycles. The number of aromatic nitrogens is 1. The maximum Gasteiger partial charge on any atom is 0.328 e. The Bertz CT molecular complexity index is 606. The standard InChI is InChI=1S/C11H9NO3S2/c13-10(14)2-1-8-3-5-16-9(8)7-12-4-6-17-11(12)15/h1-6H,7H2,(H,13,14). The van der Waals surface area contributed by atoms with E-state index in [1.54, 1.807) is 22.2 Å². The summed E-state index contributed by atoms with van der Waals surface area (Å²) in [7, 11) is 0. The Balaban J connectivity index is 2.23. The molecule has 0 radical (unpaired) electrons. The molecule has 2 aromatic heterocycles. The van der Waals surface area contributed by atoms with Crippen LogP contribution < -0.4 is 4.87 Å². The van der Waals surface area contributed by atoms with Crippen LogP contribution in [-0.4, -0.2) is 15.6 Å². The van der Waals surface area contributed by atoms with E-state index in [-0.39, 0.29) is 4.87 Å². The summed E-state index contributed by atoms with van der Waals surface area (Å²) >= 11 is 2.66. The lowest BCUT2D eigenvalue weighted by molar-refractivity contribution is -0.131. The van der Waals surface area contributed by atoms with Crippen molar-refractivity contribution in [2.45, 2.75) is 6.54 Å². The zero-order chi connectivity index (χ0) is 12.3. The Morgan fingerprint density at radius 3 is 2.88 bits per heavy atom. The van der Waals surface area contributed by atoms with Crippen LogP contribution in [0.4, 0.5) is 0 Å². The van der Waals surface area contributed by atoms with Crippen molar-refractivity contribution in [3.63, 3.8) is 0 Å². The molecule has 0 spiro atoms. The highest BCUT2D eigenvalue weighted by atomic mass is 32.1. The fourth-order valence-corrected chi connectivity index (χ4v) is 2.80. The van der Waals surface area contributed by atoms with E-state index in [4.69, 9.17) is 5.11 Å². The smallest absolute Gasteiger partial charge is 0.328 e. The normalized spacial score (nSPS) is 11.1. The molecule has 0 atom stereocenters. The summed E-state index contributed by atoms with van der Waals surface area (Å²) in [5.74, 6) is -0.977. The van der Waals surface area contributed by atoms with E-state index in [2.05, 4.69) is 0 Å². The average Bonchev–Trinajstić information content (AvgIpc) is 2.87. The second-order valence-electron chi connectivity index (χ2n) is 3.27. The summed E-state index contributed by atoms with van der Waals surface area (Å²) in [6.07, 6.45) is 4.38. The van der Waals surface area contributed by atoms with Gasteiger partial charge in [-0.05, 0) is 23.1 Å². The van der Waals surface area contributed by atoms with Crippen LogP contribution in [0, 0.1) is 0 Å². The molecule has 0 aliphatic rings. The first-order valence-electron chi connectivity index (χ1n) is 4.78. The number of rotatable bonds is 4. The van der Waals surface area contributed by atoms with E-state index in [1.807, 2.05) is 11.4 Å². The van der Waals surface area contributed by atoms with Crippen LogP contribution in [-0.2, 0) is 11.3 Å². The van der Waals surface area contributed by atoms with Gasteiger partial charge in [0.05, 0.1) is 6.54 Å². The number of thiazole rings is 1. The highest BCUT2D eigenvalue weighted by Gasteiger charge is 2.04. The monoisotopic (exact) mass is 267 g/mol. The minimum atomic E-state index is -0.977. The van der Waals surface area contributed by atoms with Crippen molar-refractivity contribution >= 4 is 34.7 Å². The molecule has 2 rings (SSSR count). The first-order chi connectivity index (χ1) is 8.16. The van der Waals surface area contributed by atoms with E-state index in [9.17, 15) is 9.59 Å². The second-order valence-corrected chi connectivity index (χ2v) is 5.13. The van der Waals surface area contributed by atoms with Crippen molar-refractivity contribution in [1.29, 1.82) is 0 Å². The lowest BCUT2D eigenvalue weighted by atomic mass is 10.2. The Morgan fingerprint density at radius 1 is 1.41 bits per heavy atom. The highest BCUT2D eigenvalue weighted by molar-refractivity contribution is 7.10. The first kappa shape index (κ1) is 11.8. The van der Waals surface area contributed by atoms with Crippen LogP contribution in [0.2, 0.25) is 0 Å². The van der Waals surface area contributed by atoms with Crippen molar-refractivity contribution in [1.82, 2.24) is 4.57 Å². The summed E-state index contributed by atoms with van der Waals surface area (Å²) < 4.78 is 1.61.